The monoisotopic (exact) mass is 278 g/mol. The van der Waals surface area contributed by atoms with Crippen LogP contribution < -0.4 is 5.32 Å². The average Bonchev–Trinajstić information content (AvgIpc) is 2.37. The molecule has 7 nitrogen and oxygen atoms in total. The molecule has 1 saturated carbocycles. The maximum atomic E-state index is 12.0. The number of nitrogens with one attached hydrogen (secondary N) is 1. The minimum atomic E-state index is -0.980. The molecule has 108 valence electrons. The maximum absolute atomic E-state index is 12.0. The van der Waals surface area contributed by atoms with Crippen molar-refractivity contribution in [2.75, 3.05) is 19.6 Å². The second-order valence-electron chi connectivity index (χ2n) is 4.79. The summed E-state index contributed by atoms with van der Waals surface area (Å²) in [5.74, 6) is -1.21. The Morgan fingerprint density at radius 1 is 1.20 bits per heavy atom. The van der Waals surface area contributed by atoms with Gasteiger partial charge in [-0.15, -0.1) is 0 Å². The number of aliphatic carboxylic acids is 1. The summed E-state index contributed by atoms with van der Waals surface area (Å²) in [6.45, 7) is 0.445. The highest BCUT2D eigenvalue weighted by Crippen LogP contribution is 2.31. The number of hydrogen-bond acceptors (Lipinski definition) is 5. The maximum Gasteiger partial charge on any atom is 0.323 e. The highest BCUT2D eigenvalue weighted by Gasteiger charge is 2.44. The van der Waals surface area contributed by atoms with Gasteiger partial charge >= 0.3 is 5.97 Å². The van der Waals surface area contributed by atoms with Gasteiger partial charge in [-0.25, -0.2) is 0 Å². The van der Waals surface area contributed by atoms with E-state index >= 15 is 0 Å². The molecule has 0 saturated heterocycles. The van der Waals surface area contributed by atoms with E-state index in [4.69, 9.17) is 15.6 Å². The molecule has 0 aromatic heterocycles. The Labute approximate surface area is 117 Å². The molecule has 0 bridgehead atoms. The van der Waals surface area contributed by atoms with E-state index in [0.29, 0.717) is 12.8 Å². The van der Waals surface area contributed by atoms with E-state index in [2.05, 4.69) is 5.32 Å². The lowest BCUT2D eigenvalue weighted by molar-refractivity contribution is -0.149. The van der Waals surface area contributed by atoms with E-state index in [9.17, 15) is 9.59 Å². The van der Waals surface area contributed by atoms with Crippen LogP contribution in [0, 0.1) is 22.7 Å². The van der Waals surface area contributed by atoms with Crippen LogP contribution in [0.2, 0.25) is 0 Å². The fourth-order valence-electron chi connectivity index (χ4n) is 2.08. The van der Waals surface area contributed by atoms with Gasteiger partial charge < -0.3 is 10.0 Å². The number of carbonyl (C=O) groups excluding carboxylic acids is 1. The third-order valence-corrected chi connectivity index (χ3v) is 3.53. The molecule has 0 heterocycles. The second-order valence-corrected chi connectivity index (χ2v) is 4.79. The predicted molar refractivity (Wildman–Crippen MR) is 69.3 cm³/mol. The van der Waals surface area contributed by atoms with E-state index < -0.39 is 11.5 Å². The molecule has 0 aromatic carbocycles. The van der Waals surface area contributed by atoms with Gasteiger partial charge in [-0.1, -0.05) is 0 Å². The van der Waals surface area contributed by atoms with Gasteiger partial charge in [0, 0.05) is 13.1 Å². The van der Waals surface area contributed by atoms with Crippen molar-refractivity contribution in [2.24, 2.45) is 0 Å². The predicted octanol–water partition coefficient (Wildman–Crippen LogP) is 0.239. The van der Waals surface area contributed by atoms with Crippen LogP contribution in [0.1, 0.15) is 32.1 Å². The Balaban J connectivity index is 2.51. The van der Waals surface area contributed by atoms with Crippen LogP contribution in [0.15, 0.2) is 0 Å². The number of hydrogen-bond donors (Lipinski definition) is 2. The van der Waals surface area contributed by atoms with Crippen LogP contribution >= 0.6 is 0 Å². The molecule has 1 aliphatic carbocycles. The third-order valence-electron chi connectivity index (χ3n) is 3.53. The van der Waals surface area contributed by atoms with Gasteiger partial charge in [-0.3, -0.25) is 14.9 Å². The molecule has 0 unspecified atom stereocenters. The normalized spacial score (nSPS) is 15.5. The van der Waals surface area contributed by atoms with Gasteiger partial charge in [0.15, 0.2) is 0 Å². The van der Waals surface area contributed by atoms with Crippen LogP contribution in [0.5, 0.6) is 0 Å². The summed E-state index contributed by atoms with van der Waals surface area (Å²) in [4.78, 5) is 24.6. The molecular weight excluding hydrogens is 260 g/mol. The molecule has 7 heteroatoms. The zero-order valence-electron chi connectivity index (χ0n) is 11.3. The lowest BCUT2D eigenvalue weighted by atomic mass is 9.77. The van der Waals surface area contributed by atoms with E-state index in [1.807, 2.05) is 12.1 Å². The minimum Gasteiger partial charge on any atom is -0.480 e. The Kier molecular flexibility index (Phi) is 5.95. The SMILES string of the molecule is N#CCCN(CCC#N)C(=O)CNC1(C(=O)O)CCC1. The van der Waals surface area contributed by atoms with Gasteiger partial charge in [0.05, 0.1) is 31.5 Å². The Bertz CT molecular complexity index is 428. The van der Waals surface area contributed by atoms with Crippen molar-refractivity contribution in [3.05, 3.63) is 0 Å². The van der Waals surface area contributed by atoms with Crippen LogP contribution in [0.3, 0.4) is 0 Å². The smallest absolute Gasteiger partial charge is 0.323 e. The molecule has 1 aliphatic rings. The first-order valence-corrected chi connectivity index (χ1v) is 6.56. The lowest BCUT2D eigenvalue weighted by Gasteiger charge is -2.38. The number of carbonyl (C=O) groups is 2. The molecule has 0 aromatic rings. The van der Waals surface area contributed by atoms with Gasteiger partial charge in [0.2, 0.25) is 5.91 Å². The Morgan fingerprint density at radius 3 is 2.10 bits per heavy atom. The van der Waals surface area contributed by atoms with Crippen LogP contribution in [0.25, 0.3) is 0 Å². The molecule has 1 rings (SSSR count). The number of rotatable bonds is 8. The third kappa shape index (κ3) is 3.94. The zero-order valence-corrected chi connectivity index (χ0v) is 11.3. The Hall–Kier alpha value is -2.12. The summed E-state index contributed by atoms with van der Waals surface area (Å²) in [5, 5.41) is 29.1. The molecule has 1 fully saturated rings. The van der Waals surface area contributed by atoms with Gasteiger partial charge in [-0.2, -0.15) is 10.5 Å². The lowest BCUT2D eigenvalue weighted by Crippen LogP contribution is -2.59. The molecular formula is C13H18N4O3. The molecule has 0 spiro atoms. The molecule has 0 radical (unpaired) electrons. The summed E-state index contributed by atoms with van der Waals surface area (Å²) >= 11 is 0. The van der Waals surface area contributed by atoms with Crippen LogP contribution in [-0.4, -0.2) is 47.1 Å². The van der Waals surface area contributed by atoms with Crippen molar-refractivity contribution >= 4 is 11.9 Å². The molecule has 0 atom stereocenters. The van der Waals surface area contributed by atoms with Gasteiger partial charge in [0.25, 0.3) is 0 Å². The summed E-state index contributed by atoms with van der Waals surface area (Å²) < 4.78 is 0. The zero-order chi connectivity index (χ0) is 15.0. The fourth-order valence-corrected chi connectivity index (χ4v) is 2.08. The second kappa shape index (κ2) is 7.46. The largest absolute Gasteiger partial charge is 0.480 e. The highest BCUT2D eigenvalue weighted by atomic mass is 16.4. The number of amides is 1. The number of nitrogens with zero attached hydrogens (tertiary/aromatic N) is 3. The van der Waals surface area contributed by atoms with Crippen molar-refractivity contribution in [3.8, 4) is 12.1 Å². The first kappa shape index (κ1) is 15.9. The van der Waals surface area contributed by atoms with Crippen molar-refractivity contribution < 1.29 is 14.7 Å². The van der Waals surface area contributed by atoms with Crippen molar-refractivity contribution in [1.29, 1.82) is 10.5 Å². The minimum absolute atomic E-state index is 0.0802. The van der Waals surface area contributed by atoms with Crippen LogP contribution in [-0.2, 0) is 9.59 Å². The fraction of sp³-hybridized carbons (Fsp3) is 0.692. The summed E-state index contributed by atoms with van der Waals surface area (Å²) in [5.41, 5.74) is -0.980. The topological polar surface area (TPSA) is 117 Å². The van der Waals surface area contributed by atoms with Crippen molar-refractivity contribution in [3.63, 3.8) is 0 Å². The molecule has 0 aliphatic heterocycles. The summed E-state index contributed by atoms with van der Waals surface area (Å²) in [7, 11) is 0. The first-order valence-electron chi connectivity index (χ1n) is 6.56. The molecule has 1 amide bonds. The van der Waals surface area contributed by atoms with E-state index in [-0.39, 0.29) is 38.4 Å². The van der Waals surface area contributed by atoms with E-state index in [0.717, 1.165) is 6.42 Å². The summed E-state index contributed by atoms with van der Waals surface area (Å²) in [6, 6.07) is 3.90. The van der Waals surface area contributed by atoms with Crippen molar-refractivity contribution in [1.82, 2.24) is 10.2 Å². The van der Waals surface area contributed by atoms with Gasteiger partial charge in [-0.05, 0) is 19.3 Å². The number of nitriles is 2. The molecule has 2 N–H and O–H groups in total. The molecule has 20 heavy (non-hydrogen) atoms. The quantitative estimate of drug-likeness (QED) is 0.656. The van der Waals surface area contributed by atoms with E-state index in [1.165, 1.54) is 4.90 Å². The first-order chi connectivity index (χ1) is 9.55. The number of carboxylic acid groups (broad SMARTS) is 1. The summed E-state index contributed by atoms with van der Waals surface area (Å²) in [6.07, 6.45) is 2.26. The highest BCUT2D eigenvalue weighted by molar-refractivity contribution is 5.83. The Morgan fingerprint density at radius 2 is 1.75 bits per heavy atom. The standard InChI is InChI=1S/C13H18N4O3/c14-6-2-8-17(9-3-7-15)11(18)10-16-13(12(19)20)4-1-5-13/h16H,1-5,8-10H2,(H,19,20). The van der Waals surface area contributed by atoms with Gasteiger partial charge in [0.1, 0.15) is 5.54 Å². The number of carboxylic acids is 1. The van der Waals surface area contributed by atoms with Crippen molar-refractivity contribution in [2.45, 2.75) is 37.6 Å². The van der Waals surface area contributed by atoms with Crippen LogP contribution in [0.4, 0.5) is 0 Å². The average molecular weight is 278 g/mol. The van der Waals surface area contributed by atoms with E-state index in [1.54, 1.807) is 0 Å².